The second kappa shape index (κ2) is 3.63. The SMILES string of the molecule is CSn1ncc2c(cc3n2CCNC3=O)c1=O. The lowest BCUT2D eigenvalue weighted by molar-refractivity contribution is 0.0929. The molecule has 0 spiro atoms. The predicted octanol–water partition coefficient (Wildman–Crippen LogP) is 0.0675. The standard InChI is InChI=1S/C10H10N4O2S/c1-17-14-10(16)6-4-7-9(15)11-2-3-13(7)8(6)5-12-14/h4-5H,2-3H2,1H3,(H,11,15). The van der Waals surface area contributed by atoms with Crippen LogP contribution in [0.2, 0.25) is 0 Å². The van der Waals surface area contributed by atoms with Gasteiger partial charge in [-0.1, -0.05) is 0 Å². The molecule has 2 aromatic heterocycles. The van der Waals surface area contributed by atoms with E-state index in [-0.39, 0.29) is 11.5 Å². The van der Waals surface area contributed by atoms with Crippen LogP contribution in [-0.2, 0) is 6.54 Å². The van der Waals surface area contributed by atoms with Gasteiger partial charge in [-0.2, -0.15) is 9.19 Å². The molecule has 3 rings (SSSR count). The Bertz CT molecular complexity index is 673. The number of carbonyl (C=O) groups is 1. The van der Waals surface area contributed by atoms with Gasteiger partial charge in [0.25, 0.3) is 11.5 Å². The number of hydrogen-bond acceptors (Lipinski definition) is 4. The van der Waals surface area contributed by atoms with E-state index in [2.05, 4.69) is 10.4 Å². The van der Waals surface area contributed by atoms with E-state index in [1.165, 1.54) is 16.0 Å². The summed E-state index contributed by atoms with van der Waals surface area (Å²) in [6.07, 6.45) is 3.41. The Labute approximate surface area is 101 Å². The third kappa shape index (κ3) is 1.39. The van der Waals surface area contributed by atoms with Crippen LogP contribution in [0.3, 0.4) is 0 Å². The molecule has 17 heavy (non-hydrogen) atoms. The van der Waals surface area contributed by atoms with E-state index in [0.29, 0.717) is 24.2 Å². The van der Waals surface area contributed by atoms with Crippen molar-refractivity contribution in [3.63, 3.8) is 0 Å². The lowest BCUT2D eigenvalue weighted by atomic mass is 10.3. The van der Waals surface area contributed by atoms with E-state index in [9.17, 15) is 9.59 Å². The summed E-state index contributed by atoms with van der Waals surface area (Å²) in [5, 5.41) is 7.34. The second-order valence-electron chi connectivity index (χ2n) is 3.74. The number of fused-ring (bicyclic) bond motifs is 3. The average molecular weight is 250 g/mol. The van der Waals surface area contributed by atoms with Gasteiger partial charge < -0.3 is 9.88 Å². The Morgan fingerprint density at radius 3 is 3.06 bits per heavy atom. The molecule has 0 bridgehead atoms. The summed E-state index contributed by atoms with van der Waals surface area (Å²) in [4.78, 5) is 23.7. The van der Waals surface area contributed by atoms with Crippen molar-refractivity contribution in [1.82, 2.24) is 19.1 Å². The van der Waals surface area contributed by atoms with Gasteiger partial charge in [0.15, 0.2) is 0 Å². The van der Waals surface area contributed by atoms with Gasteiger partial charge in [0.2, 0.25) is 0 Å². The molecule has 0 atom stereocenters. The van der Waals surface area contributed by atoms with Crippen LogP contribution in [-0.4, -0.2) is 32.5 Å². The summed E-state index contributed by atoms with van der Waals surface area (Å²) in [5.74, 6) is -0.137. The van der Waals surface area contributed by atoms with E-state index in [1.807, 2.05) is 4.57 Å². The number of aromatic nitrogens is 3. The van der Waals surface area contributed by atoms with Crippen LogP contribution in [0.1, 0.15) is 10.5 Å². The minimum absolute atomic E-state index is 0.137. The zero-order chi connectivity index (χ0) is 12.0. The number of carbonyl (C=O) groups excluding carboxylic acids is 1. The van der Waals surface area contributed by atoms with Gasteiger partial charge in [0.1, 0.15) is 5.69 Å². The highest BCUT2D eigenvalue weighted by Crippen LogP contribution is 2.18. The summed E-state index contributed by atoms with van der Waals surface area (Å²) in [5.41, 5.74) is 1.08. The molecular formula is C10H10N4O2S. The molecule has 0 radical (unpaired) electrons. The maximum Gasteiger partial charge on any atom is 0.286 e. The molecule has 3 heterocycles. The molecule has 0 saturated carbocycles. The Hall–Kier alpha value is -1.76. The van der Waals surface area contributed by atoms with E-state index < -0.39 is 0 Å². The van der Waals surface area contributed by atoms with E-state index >= 15 is 0 Å². The zero-order valence-corrected chi connectivity index (χ0v) is 9.95. The van der Waals surface area contributed by atoms with Crippen molar-refractivity contribution in [3.8, 4) is 0 Å². The molecule has 6 nitrogen and oxygen atoms in total. The summed E-state index contributed by atoms with van der Waals surface area (Å²) in [6, 6.07) is 1.64. The van der Waals surface area contributed by atoms with Crippen molar-refractivity contribution in [2.45, 2.75) is 6.54 Å². The van der Waals surface area contributed by atoms with Crippen LogP contribution < -0.4 is 10.9 Å². The first-order valence-electron chi connectivity index (χ1n) is 5.16. The molecule has 0 saturated heterocycles. The van der Waals surface area contributed by atoms with Crippen molar-refractivity contribution in [2.24, 2.45) is 0 Å². The van der Waals surface area contributed by atoms with Crippen molar-refractivity contribution in [3.05, 3.63) is 28.3 Å². The maximum absolute atomic E-state index is 12.0. The van der Waals surface area contributed by atoms with Gasteiger partial charge in [-0.3, -0.25) is 9.59 Å². The van der Waals surface area contributed by atoms with Crippen LogP contribution in [0.15, 0.2) is 17.1 Å². The van der Waals surface area contributed by atoms with Gasteiger partial charge in [0.05, 0.1) is 17.1 Å². The molecule has 7 heteroatoms. The molecule has 1 aliphatic heterocycles. The first kappa shape index (κ1) is 10.4. The Kier molecular flexibility index (Phi) is 2.22. The molecule has 1 aliphatic rings. The molecule has 1 amide bonds. The predicted molar refractivity (Wildman–Crippen MR) is 65.2 cm³/mol. The Balaban J connectivity index is 2.38. The van der Waals surface area contributed by atoms with Crippen molar-refractivity contribution >= 4 is 28.8 Å². The van der Waals surface area contributed by atoms with Crippen LogP contribution in [0.4, 0.5) is 0 Å². The maximum atomic E-state index is 12.0. The van der Waals surface area contributed by atoms with Gasteiger partial charge in [-0.05, 0) is 18.0 Å². The van der Waals surface area contributed by atoms with E-state index in [0.717, 1.165) is 5.52 Å². The van der Waals surface area contributed by atoms with Crippen LogP contribution in [0, 0.1) is 0 Å². The normalized spacial score (nSPS) is 14.8. The summed E-state index contributed by atoms with van der Waals surface area (Å²) < 4.78 is 3.15. The topological polar surface area (TPSA) is 68.9 Å². The number of hydrogen-bond donors (Lipinski definition) is 1. The molecule has 0 aliphatic carbocycles. The largest absolute Gasteiger partial charge is 0.349 e. The summed E-state index contributed by atoms with van der Waals surface area (Å²) in [6.45, 7) is 1.26. The van der Waals surface area contributed by atoms with Gasteiger partial charge in [-0.15, -0.1) is 0 Å². The van der Waals surface area contributed by atoms with E-state index in [4.69, 9.17) is 0 Å². The van der Waals surface area contributed by atoms with Crippen LogP contribution >= 0.6 is 11.9 Å². The lowest BCUT2D eigenvalue weighted by Crippen LogP contribution is -2.34. The molecular weight excluding hydrogens is 240 g/mol. The third-order valence-electron chi connectivity index (χ3n) is 2.85. The minimum atomic E-state index is -0.176. The highest BCUT2D eigenvalue weighted by Gasteiger charge is 2.21. The first-order chi connectivity index (χ1) is 8.22. The summed E-state index contributed by atoms with van der Waals surface area (Å²) in [7, 11) is 0. The van der Waals surface area contributed by atoms with Crippen LogP contribution in [0.25, 0.3) is 10.9 Å². The summed E-state index contributed by atoms with van der Waals surface area (Å²) >= 11 is 1.24. The number of nitrogens with one attached hydrogen (secondary N) is 1. The van der Waals surface area contributed by atoms with Crippen molar-refractivity contribution in [2.75, 3.05) is 12.8 Å². The molecule has 2 aromatic rings. The second-order valence-corrected chi connectivity index (χ2v) is 4.45. The van der Waals surface area contributed by atoms with Gasteiger partial charge >= 0.3 is 0 Å². The Morgan fingerprint density at radius 2 is 2.29 bits per heavy atom. The molecule has 0 aromatic carbocycles. The average Bonchev–Trinajstić information content (AvgIpc) is 2.71. The fourth-order valence-electron chi connectivity index (χ4n) is 2.07. The zero-order valence-electron chi connectivity index (χ0n) is 9.14. The number of nitrogens with zero attached hydrogens (tertiary/aromatic N) is 3. The molecule has 0 unspecified atom stereocenters. The van der Waals surface area contributed by atoms with Gasteiger partial charge in [0, 0.05) is 19.3 Å². The van der Waals surface area contributed by atoms with E-state index in [1.54, 1.807) is 18.5 Å². The quantitative estimate of drug-likeness (QED) is 0.777. The number of rotatable bonds is 1. The Morgan fingerprint density at radius 1 is 1.47 bits per heavy atom. The molecule has 1 N–H and O–H groups in total. The third-order valence-corrected chi connectivity index (χ3v) is 3.46. The fraction of sp³-hybridized carbons (Fsp3) is 0.300. The van der Waals surface area contributed by atoms with Crippen molar-refractivity contribution < 1.29 is 4.79 Å². The molecule has 0 fully saturated rings. The number of amides is 1. The monoisotopic (exact) mass is 250 g/mol. The fourth-order valence-corrected chi connectivity index (χ4v) is 2.47. The lowest BCUT2D eigenvalue weighted by Gasteiger charge is -2.16. The highest BCUT2D eigenvalue weighted by molar-refractivity contribution is 7.97. The molecule has 88 valence electrons. The van der Waals surface area contributed by atoms with Gasteiger partial charge in [-0.25, -0.2) is 0 Å². The van der Waals surface area contributed by atoms with Crippen molar-refractivity contribution in [1.29, 1.82) is 0 Å². The minimum Gasteiger partial charge on any atom is -0.349 e. The smallest absolute Gasteiger partial charge is 0.286 e. The first-order valence-corrected chi connectivity index (χ1v) is 6.35. The van der Waals surface area contributed by atoms with Crippen LogP contribution in [0.5, 0.6) is 0 Å². The highest BCUT2D eigenvalue weighted by atomic mass is 32.2.